The number of nitrogens with zero attached hydrogens (tertiary/aromatic N) is 2. The summed E-state index contributed by atoms with van der Waals surface area (Å²) < 4.78 is 7.53. The molecule has 0 bridgehead atoms. The summed E-state index contributed by atoms with van der Waals surface area (Å²) >= 11 is 1.92. The number of thiophene rings is 1. The van der Waals surface area contributed by atoms with E-state index in [1.807, 2.05) is 11.3 Å². The fourth-order valence-corrected chi connectivity index (χ4v) is 11.2. The van der Waals surface area contributed by atoms with Gasteiger partial charge in [-0.25, -0.2) is 0 Å². The Kier molecular flexibility index (Phi) is 6.35. The number of rotatable bonds is 3. The quantitative estimate of drug-likeness (QED) is 0.160. The van der Waals surface area contributed by atoms with Gasteiger partial charge in [0.25, 0.3) is 0 Å². The molecule has 13 rings (SSSR count). The van der Waals surface area contributed by atoms with Gasteiger partial charge in [0.05, 0.1) is 32.5 Å². The maximum Gasteiger partial charge on any atom is 0.0640 e. The zero-order valence-corrected chi connectivity index (χ0v) is 31.6. The van der Waals surface area contributed by atoms with Crippen molar-refractivity contribution >= 4 is 107 Å². The van der Waals surface area contributed by atoms with Crippen molar-refractivity contribution in [1.29, 1.82) is 0 Å². The zero-order valence-electron chi connectivity index (χ0n) is 30.8. The van der Waals surface area contributed by atoms with Gasteiger partial charge >= 0.3 is 0 Å². The molecule has 3 aromatic heterocycles. The number of para-hydroxylation sites is 3. The molecule has 13 aromatic rings. The fraction of sp³-hybridized carbons (Fsp3) is 0. The first-order valence-electron chi connectivity index (χ1n) is 19.6. The standard InChI is InChI=1S/C54H32N2S/c1-2-15-38-36(13-1)37-14-3-4-16-39(37)46-31-33(27-29-40(38)46)35-20-11-21-44-45-22-12-26-52(54(45)57-53(35)44)56-50-25-10-7-19-43(50)47-32-34(28-30-51(47)56)55-48-23-8-5-17-41(48)42-18-6-9-24-49(42)55/h1-32H. The number of hydrogen-bond donors (Lipinski definition) is 0. The van der Waals surface area contributed by atoms with E-state index in [0.29, 0.717) is 0 Å². The number of aromatic nitrogens is 2. The lowest BCUT2D eigenvalue weighted by Crippen LogP contribution is -1.96. The summed E-state index contributed by atoms with van der Waals surface area (Å²) in [6.45, 7) is 0. The Hall–Kier alpha value is -7.20. The molecular weight excluding hydrogens is 709 g/mol. The summed E-state index contributed by atoms with van der Waals surface area (Å²) in [7, 11) is 0. The Morgan fingerprint density at radius 1 is 0.281 bits per heavy atom. The highest BCUT2D eigenvalue weighted by Gasteiger charge is 2.20. The predicted molar refractivity (Wildman–Crippen MR) is 246 cm³/mol. The van der Waals surface area contributed by atoms with Crippen LogP contribution in [0.3, 0.4) is 0 Å². The van der Waals surface area contributed by atoms with E-state index >= 15 is 0 Å². The Morgan fingerprint density at radius 2 is 0.754 bits per heavy atom. The molecule has 0 aliphatic heterocycles. The van der Waals surface area contributed by atoms with Crippen LogP contribution in [-0.2, 0) is 0 Å². The lowest BCUT2D eigenvalue weighted by Gasteiger charge is -2.12. The second-order valence-electron chi connectivity index (χ2n) is 15.2. The van der Waals surface area contributed by atoms with Crippen molar-refractivity contribution in [3.63, 3.8) is 0 Å². The highest BCUT2D eigenvalue weighted by molar-refractivity contribution is 7.26. The molecule has 0 atom stereocenters. The second kappa shape index (κ2) is 11.7. The zero-order chi connectivity index (χ0) is 37.2. The van der Waals surface area contributed by atoms with Gasteiger partial charge in [0, 0.05) is 42.7 Å². The van der Waals surface area contributed by atoms with Crippen LogP contribution in [0.25, 0.3) is 119 Å². The van der Waals surface area contributed by atoms with Crippen LogP contribution in [-0.4, -0.2) is 9.13 Å². The van der Waals surface area contributed by atoms with Crippen molar-refractivity contribution in [2.45, 2.75) is 0 Å². The summed E-state index contributed by atoms with van der Waals surface area (Å²) in [4.78, 5) is 0. The van der Waals surface area contributed by atoms with Crippen LogP contribution < -0.4 is 0 Å². The molecule has 0 saturated heterocycles. The lowest BCUT2D eigenvalue weighted by atomic mass is 9.92. The van der Waals surface area contributed by atoms with Crippen molar-refractivity contribution < 1.29 is 0 Å². The SMILES string of the molecule is c1cc(-c2ccc3c4ccccc4c4ccccc4c3c2)c2sc3c(-n4c5ccccc5c5cc(-n6c7ccccc7c7ccccc76)ccc54)cccc3c2c1. The average Bonchev–Trinajstić information content (AvgIpc) is 3.94. The van der Waals surface area contributed by atoms with Crippen molar-refractivity contribution in [3.05, 3.63) is 194 Å². The van der Waals surface area contributed by atoms with Gasteiger partial charge in [0.2, 0.25) is 0 Å². The topological polar surface area (TPSA) is 9.86 Å². The molecule has 0 spiro atoms. The molecule has 0 amide bonds. The summed E-state index contributed by atoms with van der Waals surface area (Å²) in [6.07, 6.45) is 0. The Labute approximate surface area is 331 Å². The molecule has 0 radical (unpaired) electrons. The number of hydrogen-bond acceptors (Lipinski definition) is 1. The van der Waals surface area contributed by atoms with Crippen LogP contribution in [0.1, 0.15) is 0 Å². The van der Waals surface area contributed by atoms with Crippen LogP contribution in [0.15, 0.2) is 194 Å². The maximum atomic E-state index is 2.49. The Morgan fingerprint density at radius 3 is 1.40 bits per heavy atom. The minimum Gasteiger partial charge on any atom is -0.309 e. The third-order valence-corrected chi connectivity index (χ3v) is 13.6. The summed E-state index contributed by atoms with van der Waals surface area (Å²) in [5, 5.41) is 15.4. The lowest BCUT2D eigenvalue weighted by molar-refractivity contribution is 1.17. The molecule has 0 N–H and O–H groups in total. The molecule has 0 aliphatic carbocycles. The molecule has 0 unspecified atom stereocenters. The van der Waals surface area contributed by atoms with Gasteiger partial charge < -0.3 is 9.13 Å². The summed E-state index contributed by atoms with van der Waals surface area (Å²) in [5.74, 6) is 0. The molecule has 0 aliphatic rings. The molecule has 3 heteroatoms. The van der Waals surface area contributed by atoms with Gasteiger partial charge in [-0.3, -0.25) is 0 Å². The molecule has 0 fully saturated rings. The van der Waals surface area contributed by atoms with Gasteiger partial charge in [-0.2, -0.15) is 0 Å². The van der Waals surface area contributed by atoms with Crippen molar-refractivity contribution in [2.24, 2.45) is 0 Å². The van der Waals surface area contributed by atoms with E-state index in [0.717, 1.165) is 0 Å². The summed E-state index contributed by atoms with van der Waals surface area (Å²) in [6, 6.07) is 71.8. The van der Waals surface area contributed by atoms with E-state index in [1.54, 1.807) is 0 Å². The monoisotopic (exact) mass is 740 g/mol. The first-order valence-corrected chi connectivity index (χ1v) is 20.4. The van der Waals surface area contributed by atoms with Crippen LogP contribution in [0.2, 0.25) is 0 Å². The molecule has 10 aromatic carbocycles. The van der Waals surface area contributed by atoms with E-state index in [4.69, 9.17) is 0 Å². The van der Waals surface area contributed by atoms with Crippen LogP contribution in [0.5, 0.6) is 0 Å². The van der Waals surface area contributed by atoms with Crippen molar-refractivity contribution in [2.75, 3.05) is 0 Å². The van der Waals surface area contributed by atoms with Gasteiger partial charge in [-0.1, -0.05) is 146 Å². The fourth-order valence-electron chi connectivity index (χ4n) is 9.84. The largest absolute Gasteiger partial charge is 0.309 e. The highest BCUT2D eigenvalue weighted by atomic mass is 32.1. The van der Waals surface area contributed by atoms with Gasteiger partial charge in [0.15, 0.2) is 0 Å². The molecule has 0 saturated carbocycles. The predicted octanol–water partition coefficient (Wildman–Crippen LogP) is 15.4. The van der Waals surface area contributed by atoms with Crippen molar-refractivity contribution in [1.82, 2.24) is 9.13 Å². The van der Waals surface area contributed by atoms with E-state index in [9.17, 15) is 0 Å². The normalized spacial score (nSPS) is 12.2. The minimum atomic E-state index is 1.17. The molecule has 57 heavy (non-hydrogen) atoms. The average molecular weight is 741 g/mol. The van der Waals surface area contributed by atoms with Gasteiger partial charge in [0.1, 0.15) is 0 Å². The first kappa shape index (κ1) is 31.1. The number of benzene rings is 10. The van der Waals surface area contributed by atoms with Crippen LogP contribution in [0, 0.1) is 0 Å². The van der Waals surface area contributed by atoms with E-state index in [1.165, 1.54) is 119 Å². The van der Waals surface area contributed by atoms with Crippen LogP contribution in [0.4, 0.5) is 0 Å². The van der Waals surface area contributed by atoms with Crippen LogP contribution >= 0.6 is 11.3 Å². The van der Waals surface area contributed by atoms with E-state index in [2.05, 4.69) is 203 Å². The van der Waals surface area contributed by atoms with E-state index in [-0.39, 0.29) is 0 Å². The Bertz CT molecular complexity index is 3730. The highest BCUT2D eigenvalue weighted by Crippen LogP contribution is 2.46. The van der Waals surface area contributed by atoms with Gasteiger partial charge in [-0.15, -0.1) is 11.3 Å². The number of fused-ring (bicyclic) bond motifs is 15. The molecule has 264 valence electrons. The maximum absolute atomic E-state index is 2.49. The summed E-state index contributed by atoms with van der Waals surface area (Å²) in [5.41, 5.74) is 9.77. The minimum absolute atomic E-state index is 1.17. The molecule has 3 heterocycles. The molecular formula is C54H32N2S. The van der Waals surface area contributed by atoms with E-state index < -0.39 is 0 Å². The molecule has 2 nitrogen and oxygen atoms in total. The second-order valence-corrected chi connectivity index (χ2v) is 16.2. The Balaban J connectivity index is 1.03. The third-order valence-electron chi connectivity index (χ3n) is 12.3. The third kappa shape index (κ3) is 4.29. The first-order chi connectivity index (χ1) is 28.3. The van der Waals surface area contributed by atoms with Gasteiger partial charge in [-0.05, 0) is 92.0 Å². The van der Waals surface area contributed by atoms with Crippen molar-refractivity contribution in [3.8, 4) is 22.5 Å². The smallest absolute Gasteiger partial charge is 0.0640 e.